The van der Waals surface area contributed by atoms with Gasteiger partial charge < -0.3 is 16.8 Å². The SMILES string of the molecule is NC(=O)c1ccc(NC(=O)CC(N)c2ccccc2)cc1. The number of amides is 2. The summed E-state index contributed by atoms with van der Waals surface area (Å²) in [6.45, 7) is 0. The van der Waals surface area contributed by atoms with Gasteiger partial charge in [-0.1, -0.05) is 30.3 Å². The fraction of sp³-hybridized carbons (Fsp3) is 0.125. The Kier molecular flexibility index (Phi) is 4.68. The van der Waals surface area contributed by atoms with Crippen molar-refractivity contribution in [3.63, 3.8) is 0 Å². The van der Waals surface area contributed by atoms with Crippen LogP contribution in [0.2, 0.25) is 0 Å². The number of carbonyl (C=O) groups excluding carboxylic acids is 2. The molecule has 0 bridgehead atoms. The molecule has 0 aromatic heterocycles. The molecule has 0 radical (unpaired) electrons. The van der Waals surface area contributed by atoms with Crippen LogP contribution < -0.4 is 16.8 Å². The molecule has 0 aliphatic heterocycles. The minimum Gasteiger partial charge on any atom is -0.366 e. The number of nitrogens with two attached hydrogens (primary N) is 2. The lowest BCUT2D eigenvalue weighted by Crippen LogP contribution is -2.20. The van der Waals surface area contributed by atoms with E-state index >= 15 is 0 Å². The zero-order chi connectivity index (χ0) is 15.2. The van der Waals surface area contributed by atoms with Gasteiger partial charge in [0.05, 0.1) is 0 Å². The lowest BCUT2D eigenvalue weighted by molar-refractivity contribution is -0.116. The minimum absolute atomic E-state index is 0.182. The normalized spacial score (nSPS) is 11.7. The van der Waals surface area contributed by atoms with Crippen LogP contribution in [-0.2, 0) is 4.79 Å². The van der Waals surface area contributed by atoms with E-state index in [0.29, 0.717) is 11.3 Å². The fourth-order valence-corrected chi connectivity index (χ4v) is 1.95. The molecule has 0 spiro atoms. The molecule has 0 aliphatic rings. The number of anilines is 1. The lowest BCUT2D eigenvalue weighted by atomic mass is 10.0. The number of carbonyl (C=O) groups is 2. The van der Waals surface area contributed by atoms with Crippen molar-refractivity contribution in [2.75, 3.05) is 5.32 Å². The average molecular weight is 283 g/mol. The number of hydrogen-bond acceptors (Lipinski definition) is 3. The molecular weight excluding hydrogens is 266 g/mol. The van der Waals surface area contributed by atoms with Crippen LogP contribution in [0.1, 0.15) is 28.4 Å². The van der Waals surface area contributed by atoms with Crippen molar-refractivity contribution >= 4 is 17.5 Å². The molecule has 1 atom stereocenters. The molecule has 0 heterocycles. The van der Waals surface area contributed by atoms with Crippen LogP contribution in [0.25, 0.3) is 0 Å². The van der Waals surface area contributed by atoms with Crippen molar-refractivity contribution < 1.29 is 9.59 Å². The van der Waals surface area contributed by atoms with E-state index in [-0.39, 0.29) is 18.4 Å². The molecule has 108 valence electrons. The highest BCUT2D eigenvalue weighted by atomic mass is 16.2. The monoisotopic (exact) mass is 283 g/mol. The molecule has 2 rings (SSSR count). The molecule has 0 saturated heterocycles. The summed E-state index contributed by atoms with van der Waals surface area (Å²) in [7, 11) is 0. The summed E-state index contributed by atoms with van der Waals surface area (Å²) in [5.41, 5.74) is 13.1. The third-order valence-corrected chi connectivity index (χ3v) is 3.09. The molecule has 0 aliphatic carbocycles. The Hall–Kier alpha value is -2.66. The van der Waals surface area contributed by atoms with E-state index in [1.165, 1.54) is 0 Å². The van der Waals surface area contributed by atoms with E-state index in [9.17, 15) is 9.59 Å². The standard InChI is InChI=1S/C16H17N3O2/c17-14(11-4-2-1-3-5-11)10-15(20)19-13-8-6-12(7-9-13)16(18)21/h1-9,14H,10,17H2,(H2,18,21)(H,19,20). The molecule has 0 saturated carbocycles. The Morgan fingerprint density at radius 2 is 1.62 bits per heavy atom. The highest BCUT2D eigenvalue weighted by Crippen LogP contribution is 2.15. The summed E-state index contributed by atoms with van der Waals surface area (Å²) in [4.78, 5) is 22.9. The maximum absolute atomic E-state index is 11.9. The van der Waals surface area contributed by atoms with Gasteiger partial charge in [-0.25, -0.2) is 0 Å². The van der Waals surface area contributed by atoms with Crippen molar-refractivity contribution in [1.82, 2.24) is 0 Å². The Morgan fingerprint density at radius 3 is 2.19 bits per heavy atom. The quantitative estimate of drug-likeness (QED) is 0.780. The Bertz CT molecular complexity index is 624. The van der Waals surface area contributed by atoms with Gasteiger partial charge in [-0.15, -0.1) is 0 Å². The van der Waals surface area contributed by atoms with Crippen LogP contribution in [0, 0.1) is 0 Å². The second-order valence-electron chi connectivity index (χ2n) is 4.71. The first-order chi connectivity index (χ1) is 10.1. The largest absolute Gasteiger partial charge is 0.366 e. The molecule has 5 heteroatoms. The van der Waals surface area contributed by atoms with Crippen LogP contribution in [0.3, 0.4) is 0 Å². The lowest BCUT2D eigenvalue weighted by Gasteiger charge is -2.12. The van der Waals surface area contributed by atoms with E-state index < -0.39 is 5.91 Å². The molecule has 5 N–H and O–H groups in total. The zero-order valence-electron chi connectivity index (χ0n) is 11.5. The Labute approximate surface area is 123 Å². The van der Waals surface area contributed by atoms with Gasteiger partial charge in [-0.05, 0) is 29.8 Å². The number of rotatable bonds is 5. The zero-order valence-corrected chi connectivity index (χ0v) is 11.5. The highest BCUT2D eigenvalue weighted by Gasteiger charge is 2.11. The Morgan fingerprint density at radius 1 is 1.00 bits per heavy atom. The summed E-state index contributed by atoms with van der Waals surface area (Å²) < 4.78 is 0. The summed E-state index contributed by atoms with van der Waals surface area (Å²) in [6.07, 6.45) is 0.182. The van der Waals surface area contributed by atoms with Crippen molar-refractivity contribution in [3.05, 3.63) is 65.7 Å². The van der Waals surface area contributed by atoms with Crippen molar-refractivity contribution in [3.8, 4) is 0 Å². The van der Waals surface area contributed by atoms with Gasteiger partial charge in [0, 0.05) is 23.7 Å². The van der Waals surface area contributed by atoms with Crippen LogP contribution in [0.15, 0.2) is 54.6 Å². The Balaban J connectivity index is 1.94. The number of primary amides is 1. The number of benzene rings is 2. The number of nitrogens with one attached hydrogen (secondary N) is 1. The molecule has 5 nitrogen and oxygen atoms in total. The van der Waals surface area contributed by atoms with Gasteiger partial charge in [0.15, 0.2) is 0 Å². The van der Waals surface area contributed by atoms with E-state index in [1.54, 1.807) is 24.3 Å². The van der Waals surface area contributed by atoms with Crippen LogP contribution >= 0.6 is 0 Å². The van der Waals surface area contributed by atoms with Crippen LogP contribution in [0.4, 0.5) is 5.69 Å². The first-order valence-corrected chi connectivity index (χ1v) is 6.56. The van der Waals surface area contributed by atoms with Crippen molar-refractivity contribution in [2.24, 2.45) is 11.5 Å². The van der Waals surface area contributed by atoms with Gasteiger partial charge in [-0.3, -0.25) is 9.59 Å². The molecule has 1 unspecified atom stereocenters. The third kappa shape index (κ3) is 4.15. The third-order valence-electron chi connectivity index (χ3n) is 3.09. The number of hydrogen-bond donors (Lipinski definition) is 3. The van der Waals surface area contributed by atoms with Crippen LogP contribution in [-0.4, -0.2) is 11.8 Å². The maximum Gasteiger partial charge on any atom is 0.248 e. The summed E-state index contributed by atoms with van der Waals surface area (Å²) in [5, 5.41) is 2.74. The van der Waals surface area contributed by atoms with Gasteiger partial charge in [0.1, 0.15) is 0 Å². The minimum atomic E-state index is -0.501. The van der Waals surface area contributed by atoms with E-state index in [1.807, 2.05) is 30.3 Å². The van der Waals surface area contributed by atoms with Gasteiger partial charge in [0.2, 0.25) is 11.8 Å². The smallest absolute Gasteiger partial charge is 0.248 e. The fourth-order valence-electron chi connectivity index (χ4n) is 1.95. The summed E-state index contributed by atoms with van der Waals surface area (Å²) in [6, 6.07) is 15.5. The van der Waals surface area contributed by atoms with E-state index in [0.717, 1.165) is 5.56 Å². The first-order valence-electron chi connectivity index (χ1n) is 6.56. The molecule has 2 aromatic carbocycles. The van der Waals surface area contributed by atoms with Gasteiger partial charge in [-0.2, -0.15) is 0 Å². The van der Waals surface area contributed by atoms with Gasteiger partial charge >= 0.3 is 0 Å². The second kappa shape index (κ2) is 6.67. The molecule has 21 heavy (non-hydrogen) atoms. The maximum atomic E-state index is 11.9. The van der Waals surface area contributed by atoms with E-state index in [2.05, 4.69) is 5.32 Å². The van der Waals surface area contributed by atoms with Crippen LogP contribution in [0.5, 0.6) is 0 Å². The topological polar surface area (TPSA) is 98.2 Å². The highest BCUT2D eigenvalue weighted by molar-refractivity contribution is 5.94. The molecule has 2 amide bonds. The van der Waals surface area contributed by atoms with Crippen molar-refractivity contribution in [2.45, 2.75) is 12.5 Å². The molecule has 0 fully saturated rings. The van der Waals surface area contributed by atoms with E-state index in [4.69, 9.17) is 11.5 Å². The van der Waals surface area contributed by atoms with Crippen molar-refractivity contribution in [1.29, 1.82) is 0 Å². The average Bonchev–Trinajstić information content (AvgIpc) is 2.48. The molecule has 2 aromatic rings. The first kappa shape index (κ1) is 14.7. The predicted octanol–water partition coefficient (Wildman–Crippen LogP) is 1.81. The van der Waals surface area contributed by atoms with Gasteiger partial charge in [0.25, 0.3) is 0 Å². The molecular formula is C16H17N3O2. The summed E-state index contributed by atoms with van der Waals surface area (Å²) in [5.74, 6) is -0.683. The second-order valence-corrected chi connectivity index (χ2v) is 4.71. The summed E-state index contributed by atoms with van der Waals surface area (Å²) >= 11 is 0. The predicted molar refractivity (Wildman–Crippen MR) is 81.6 cm³/mol.